The van der Waals surface area contributed by atoms with Crippen LogP contribution in [0.15, 0.2) is 0 Å². The summed E-state index contributed by atoms with van der Waals surface area (Å²) in [6.45, 7) is 7.04. The Labute approximate surface area is 80.7 Å². The molecule has 2 nitrogen and oxygen atoms in total. The number of hydrogen-bond acceptors (Lipinski definition) is 2. The molecule has 0 N–H and O–H groups in total. The van der Waals surface area contributed by atoms with E-state index < -0.39 is 0 Å². The van der Waals surface area contributed by atoms with Crippen LogP contribution in [0.25, 0.3) is 0 Å². The molecule has 0 spiro atoms. The molecule has 3 unspecified atom stereocenters. The minimum atomic E-state index is 0.150. The first-order chi connectivity index (χ1) is 6.15. The second kappa shape index (κ2) is 4.75. The number of hydrogen-bond donors (Lipinski definition) is 0. The Morgan fingerprint density at radius 1 is 1.62 bits per heavy atom. The smallest absolute Gasteiger partial charge is 0.138 e. The second-order valence-electron chi connectivity index (χ2n) is 4.15. The lowest BCUT2D eigenvalue weighted by molar-refractivity contribution is -0.125. The third kappa shape index (κ3) is 2.80. The first-order valence-electron chi connectivity index (χ1n) is 5.29. The molecule has 0 saturated carbocycles. The summed E-state index contributed by atoms with van der Waals surface area (Å²) in [6, 6.07) is 0. The Kier molecular flexibility index (Phi) is 3.91. The predicted octanol–water partition coefficient (Wildman–Crippen LogP) is 2.42. The largest absolute Gasteiger partial charge is 0.378 e. The van der Waals surface area contributed by atoms with Crippen molar-refractivity contribution in [2.45, 2.75) is 46.1 Å². The average Bonchev–Trinajstić information content (AvgIpc) is 2.51. The van der Waals surface area contributed by atoms with Gasteiger partial charge in [0.15, 0.2) is 0 Å². The number of Topliss-reactive ketones (excluding diaryl/α,β-unsaturated/α-hetero) is 1. The molecular formula is C11H20O2. The van der Waals surface area contributed by atoms with Crippen molar-refractivity contribution < 1.29 is 9.53 Å². The summed E-state index contributed by atoms with van der Waals surface area (Å²) in [6.07, 6.45) is 2.90. The topological polar surface area (TPSA) is 26.3 Å². The number of ether oxygens (including phenoxy) is 1. The first kappa shape index (κ1) is 10.7. The molecule has 0 bridgehead atoms. The maximum Gasteiger partial charge on any atom is 0.138 e. The molecule has 2 heteroatoms. The van der Waals surface area contributed by atoms with E-state index in [0.717, 1.165) is 25.9 Å². The molecule has 3 atom stereocenters. The van der Waals surface area contributed by atoms with Gasteiger partial charge in [0.1, 0.15) is 5.78 Å². The maximum absolute atomic E-state index is 11.7. The standard InChI is InChI=1S/C11H20O2/c1-4-8(2)7-11(12)10-5-6-13-9(10)3/h8-10H,4-7H2,1-3H3. The SMILES string of the molecule is CCC(C)CC(=O)C1CCOC1C. The van der Waals surface area contributed by atoms with E-state index in [4.69, 9.17) is 4.74 Å². The van der Waals surface area contributed by atoms with Crippen molar-refractivity contribution in [1.82, 2.24) is 0 Å². The average molecular weight is 184 g/mol. The highest BCUT2D eigenvalue weighted by molar-refractivity contribution is 5.81. The van der Waals surface area contributed by atoms with Gasteiger partial charge >= 0.3 is 0 Å². The Morgan fingerprint density at radius 2 is 2.31 bits per heavy atom. The predicted molar refractivity (Wildman–Crippen MR) is 52.6 cm³/mol. The molecule has 1 saturated heterocycles. The van der Waals surface area contributed by atoms with E-state index in [2.05, 4.69) is 13.8 Å². The van der Waals surface area contributed by atoms with E-state index in [1.54, 1.807) is 0 Å². The summed E-state index contributed by atoms with van der Waals surface area (Å²) in [7, 11) is 0. The highest BCUT2D eigenvalue weighted by atomic mass is 16.5. The summed E-state index contributed by atoms with van der Waals surface area (Å²) in [5.41, 5.74) is 0. The minimum absolute atomic E-state index is 0.150. The van der Waals surface area contributed by atoms with Crippen LogP contribution in [0.2, 0.25) is 0 Å². The van der Waals surface area contributed by atoms with E-state index in [1.165, 1.54) is 0 Å². The molecule has 1 aliphatic rings. The summed E-state index contributed by atoms with van der Waals surface area (Å²) in [5.74, 6) is 1.11. The van der Waals surface area contributed by atoms with Crippen LogP contribution >= 0.6 is 0 Å². The zero-order valence-electron chi connectivity index (χ0n) is 8.88. The van der Waals surface area contributed by atoms with Crippen LogP contribution in [0.5, 0.6) is 0 Å². The number of carbonyl (C=O) groups excluding carboxylic acids is 1. The zero-order valence-corrected chi connectivity index (χ0v) is 8.88. The molecule has 1 rings (SSSR count). The molecule has 0 aliphatic carbocycles. The molecule has 1 fully saturated rings. The van der Waals surface area contributed by atoms with Crippen LogP contribution in [0, 0.1) is 11.8 Å². The van der Waals surface area contributed by atoms with Crippen LogP contribution in [0.1, 0.15) is 40.0 Å². The second-order valence-corrected chi connectivity index (χ2v) is 4.15. The molecular weight excluding hydrogens is 164 g/mol. The van der Waals surface area contributed by atoms with E-state index in [9.17, 15) is 4.79 Å². The first-order valence-corrected chi connectivity index (χ1v) is 5.29. The van der Waals surface area contributed by atoms with Gasteiger partial charge in [-0.15, -0.1) is 0 Å². The molecule has 1 aliphatic heterocycles. The molecule has 0 aromatic rings. The van der Waals surface area contributed by atoms with Gasteiger partial charge in [-0.1, -0.05) is 20.3 Å². The van der Waals surface area contributed by atoms with Crippen LogP contribution < -0.4 is 0 Å². The maximum atomic E-state index is 11.7. The van der Waals surface area contributed by atoms with Gasteiger partial charge in [-0.25, -0.2) is 0 Å². The lowest BCUT2D eigenvalue weighted by Crippen LogP contribution is -2.23. The molecule has 0 amide bonds. The van der Waals surface area contributed by atoms with Crippen LogP contribution in [-0.4, -0.2) is 18.5 Å². The van der Waals surface area contributed by atoms with Gasteiger partial charge in [-0.3, -0.25) is 4.79 Å². The highest BCUT2D eigenvalue weighted by Crippen LogP contribution is 2.24. The number of rotatable bonds is 4. The van der Waals surface area contributed by atoms with Crippen molar-refractivity contribution in [3.8, 4) is 0 Å². The van der Waals surface area contributed by atoms with Gasteiger partial charge in [0, 0.05) is 18.9 Å². The molecule has 0 aromatic heterocycles. The number of ketones is 1. The fourth-order valence-electron chi connectivity index (χ4n) is 1.79. The van der Waals surface area contributed by atoms with Crippen LogP contribution in [0.4, 0.5) is 0 Å². The highest BCUT2D eigenvalue weighted by Gasteiger charge is 2.30. The minimum Gasteiger partial charge on any atom is -0.378 e. The Bertz CT molecular complexity index is 177. The Morgan fingerprint density at radius 3 is 2.77 bits per heavy atom. The molecule has 0 radical (unpaired) electrons. The molecule has 13 heavy (non-hydrogen) atoms. The van der Waals surface area contributed by atoms with E-state index in [-0.39, 0.29) is 12.0 Å². The normalized spacial score (nSPS) is 30.4. The van der Waals surface area contributed by atoms with E-state index >= 15 is 0 Å². The van der Waals surface area contributed by atoms with Crippen molar-refractivity contribution >= 4 is 5.78 Å². The summed E-state index contributed by atoms with van der Waals surface area (Å²) >= 11 is 0. The van der Waals surface area contributed by atoms with Gasteiger partial charge in [-0.05, 0) is 19.3 Å². The van der Waals surface area contributed by atoms with Gasteiger partial charge < -0.3 is 4.74 Å². The van der Waals surface area contributed by atoms with E-state index in [0.29, 0.717) is 11.7 Å². The van der Waals surface area contributed by atoms with Gasteiger partial charge in [0.05, 0.1) is 6.10 Å². The monoisotopic (exact) mass is 184 g/mol. The van der Waals surface area contributed by atoms with Crippen LogP contribution in [-0.2, 0) is 9.53 Å². The number of carbonyl (C=O) groups is 1. The quantitative estimate of drug-likeness (QED) is 0.670. The molecule has 1 heterocycles. The summed E-state index contributed by atoms with van der Waals surface area (Å²) < 4.78 is 5.38. The Hall–Kier alpha value is -0.370. The zero-order chi connectivity index (χ0) is 9.84. The van der Waals surface area contributed by atoms with Gasteiger partial charge in [0.25, 0.3) is 0 Å². The van der Waals surface area contributed by atoms with Crippen molar-refractivity contribution in [2.24, 2.45) is 11.8 Å². The van der Waals surface area contributed by atoms with E-state index in [1.807, 2.05) is 6.92 Å². The molecule has 76 valence electrons. The van der Waals surface area contributed by atoms with Crippen molar-refractivity contribution in [1.29, 1.82) is 0 Å². The van der Waals surface area contributed by atoms with Gasteiger partial charge in [0.2, 0.25) is 0 Å². The van der Waals surface area contributed by atoms with Crippen LogP contribution in [0.3, 0.4) is 0 Å². The fraction of sp³-hybridized carbons (Fsp3) is 0.909. The van der Waals surface area contributed by atoms with Crippen molar-refractivity contribution in [3.05, 3.63) is 0 Å². The molecule has 0 aromatic carbocycles. The van der Waals surface area contributed by atoms with Gasteiger partial charge in [-0.2, -0.15) is 0 Å². The van der Waals surface area contributed by atoms with Crippen molar-refractivity contribution in [2.75, 3.05) is 6.61 Å². The van der Waals surface area contributed by atoms with Crippen molar-refractivity contribution in [3.63, 3.8) is 0 Å². The lowest BCUT2D eigenvalue weighted by atomic mass is 9.90. The third-order valence-electron chi connectivity index (χ3n) is 3.04. The summed E-state index contributed by atoms with van der Waals surface area (Å²) in [4.78, 5) is 11.7. The lowest BCUT2D eigenvalue weighted by Gasteiger charge is -2.14. The fourth-order valence-corrected chi connectivity index (χ4v) is 1.79. The summed E-state index contributed by atoms with van der Waals surface area (Å²) in [5, 5.41) is 0. The Balaban J connectivity index is 2.38. The third-order valence-corrected chi connectivity index (χ3v) is 3.04.